The van der Waals surface area contributed by atoms with Crippen LogP contribution in [0.5, 0.6) is 0 Å². The van der Waals surface area contributed by atoms with Gasteiger partial charge in [-0.1, -0.05) is 41.6 Å². The van der Waals surface area contributed by atoms with E-state index in [9.17, 15) is 4.79 Å². The van der Waals surface area contributed by atoms with Gasteiger partial charge in [-0.05, 0) is 76.1 Å². The monoisotopic (exact) mass is 420 g/mol. The normalized spacial score (nSPS) is 15.9. The average molecular weight is 421 g/mol. The van der Waals surface area contributed by atoms with Crippen molar-refractivity contribution in [3.63, 3.8) is 0 Å². The van der Waals surface area contributed by atoms with E-state index in [0.717, 1.165) is 61.0 Å². The number of rotatable bonds is 4. The van der Waals surface area contributed by atoms with Gasteiger partial charge >= 0.3 is 6.09 Å². The molecule has 1 saturated heterocycles. The molecule has 2 heterocycles. The number of likely N-dealkylation sites (tertiary alicyclic amines) is 1. The largest absolute Gasteiger partial charge is 0.444 e. The van der Waals surface area contributed by atoms with E-state index < -0.39 is 5.60 Å². The molecule has 1 fully saturated rings. The Bertz CT molecular complexity index is 1100. The molecule has 0 saturated carbocycles. The van der Waals surface area contributed by atoms with Crippen LogP contribution in [-0.2, 0) is 11.2 Å². The molecule has 0 unspecified atom stereocenters. The Kier molecular flexibility index (Phi) is 6.03. The molecule has 0 atom stereocenters. The molecule has 4 rings (SSSR count). The third-order valence-corrected chi connectivity index (χ3v) is 5.99. The molecule has 0 aliphatic carbocycles. The van der Waals surface area contributed by atoms with Crippen LogP contribution in [0.15, 0.2) is 40.9 Å². The second-order valence-electron chi connectivity index (χ2n) is 9.47. The zero-order valence-corrected chi connectivity index (χ0v) is 19.0. The van der Waals surface area contributed by atoms with Crippen molar-refractivity contribution in [3.8, 4) is 0 Å². The van der Waals surface area contributed by atoms with E-state index in [-0.39, 0.29) is 6.09 Å². The van der Waals surface area contributed by atoms with Gasteiger partial charge in [0.2, 0.25) is 0 Å². The number of carbonyl (C=O) groups excluding carboxylic acids is 1. The summed E-state index contributed by atoms with van der Waals surface area (Å²) in [7, 11) is 0. The molecule has 1 amide bonds. The number of hydrogen-bond acceptors (Lipinski definition) is 4. The summed E-state index contributed by atoms with van der Waals surface area (Å²) in [5.74, 6) is 0.584. The Morgan fingerprint density at radius 3 is 2.68 bits per heavy atom. The summed E-state index contributed by atoms with van der Waals surface area (Å²) in [6.45, 7) is 9.26. The first-order valence-corrected chi connectivity index (χ1v) is 11.3. The number of hydrogen-bond donors (Lipinski definition) is 0. The highest BCUT2D eigenvalue weighted by Crippen LogP contribution is 2.33. The first kappa shape index (κ1) is 21.4. The van der Waals surface area contributed by atoms with Gasteiger partial charge in [0.1, 0.15) is 5.60 Å². The third kappa shape index (κ3) is 4.76. The smallest absolute Gasteiger partial charge is 0.410 e. The molecule has 3 aromatic rings. The first-order chi connectivity index (χ1) is 14.9. The van der Waals surface area contributed by atoms with Crippen molar-refractivity contribution >= 4 is 33.9 Å². The molecule has 1 aliphatic heterocycles. The van der Waals surface area contributed by atoms with Crippen LogP contribution in [-0.4, -0.2) is 34.8 Å². The molecule has 0 bridgehead atoms. The lowest BCUT2D eigenvalue weighted by atomic mass is 9.91. The summed E-state index contributed by atoms with van der Waals surface area (Å²) in [5, 5.41) is 7.94. The standard InChI is InChI=1S/C26H32N2O3/c1-5-8-21-20-10-7-6-9-19(20)17-22-23(27-31-24(21)22)12-11-18-13-15-28(16-14-18)25(29)30-26(2,3)4/h5-10,17-18H,11-16H2,1-4H3/b8-5-. The van der Waals surface area contributed by atoms with Crippen LogP contribution in [0.2, 0.25) is 0 Å². The lowest BCUT2D eigenvalue weighted by molar-refractivity contribution is 0.0181. The van der Waals surface area contributed by atoms with Crippen molar-refractivity contribution in [1.82, 2.24) is 10.1 Å². The zero-order valence-electron chi connectivity index (χ0n) is 19.0. The maximum atomic E-state index is 12.3. The second-order valence-corrected chi connectivity index (χ2v) is 9.47. The number of benzene rings is 2. The van der Waals surface area contributed by atoms with E-state index in [4.69, 9.17) is 9.26 Å². The van der Waals surface area contributed by atoms with Crippen LogP contribution in [0.25, 0.3) is 27.8 Å². The van der Waals surface area contributed by atoms with E-state index in [1.807, 2.05) is 38.7 Å². The van der Waals surface area contributed by atoms with Crippen LogP contribution in [0.3, 0.4) is 0 Å². The minimum absolute atomic E-state index is 0.197. The van der Waals surface area contributed by atoms with E-state index in [1.165, 1.54) is 10.8 Å². The molecular weight excluding hydrogens is 388 g/mol. The molecule has 164 valence electrons. The molecule has 31 heavy (non-hydrogen) atoms. The van der Waals surface area contributed by atoms with Gasteiger partial charge in [-0.2, -0.15) is 0 Å². The fourth-order valence-corrected chi connectivity index (χ4v) is 4.40. The minimum Gasteiger partial charge on any atom is -0.444 e. The van der Waals surface area contributed by atoms with E-state index >= 15 is 0 Å². The molecule has 5 nitrogen and oxygen atoms in total. The molecule has 1 aromatic heterocycles. The van der Waals surface area contributed by atoms with Gasteiger partial charge < -0.3 is 14.2 Å². The van der Waals surface area contributed by atoms with Gasteiger partial charge in [-0.3, -0.25) is 0 Å². The predicted octanol–water partition coefficient (Wildman–Crippen LogP) is 6.59. The molecular formula is C26H32N2O3. The number of allylic oxidation sites excluding steroid dienone is 1. The highest BCUT2D eigenvalue weighted by atomic mass is 16.6. The summed E-state index contributed by atoms with van der Waals surface area (Å²) in [4.78, 5) is 14.1. The predicted molar refractivity (Wildman–Crippen MR) is 125 cm³/mol. The molecule has 0 spiro atoms. The van der Waals surface area contributed by atoms with Crippen molar-refractivity contribution in [2.24, 2.45) is 5.92 Å². The summed E-state index contributed by atoms with van der Waals surface area (Å²) in [6, 6.07) is 10.6. The Morgan fingerprint density at radius 1 is 1.23 bits per heavy atom. The van der Waals surface area contributed by atoms with Crippen LogP contribution in [0.4, 0.5) is 4.79 Å². The van der Waals surface area contributed by atoms with Crippen molar-refractivity contribution in [2.75, 3.05) is 13.1 Å². The number of aromatic nitrogens is 1. The lowest BCUT2D eigenvalue weighted by Gasteiger charge is -2.33. The van der Waals surface area contributed by atoms with Crippen LogP contribution in [0, 0.1) is 5.92 Å². The molecule has 0 radical (unpaired) electrons. The van der Waals surface area contributed by atoms with Gasteiger partial charge in [0.25, 0.3) is 0 Å². The topological polar surface area (TPSA) is 55.6 Å². The summed E-state index contributed by atoms with van der Waals surface area (Å²) in [6.07, 6.45) is 7.89. The summed E-state index contributed by atoms with van der Waals surface area (Å²) >= 11 is 0. The van der Waals surface area contributed by atoms with Crippen molar-refractivity contribution in [3.05, 3.63) is 47.7 Å². The Hall–Kier alpha value is -2.82. The van der Waals surface area contributed by atoms with Crippen LogP contribution >= 0.6 is 0 Å². The molecule has 2 aromatic carbocycles. The van der Waals surface area contributed by atoms with Gasteiger partial charge in [0.05, 0.1) is 5.69 Å². The van der Waals surface area contributed by atoms with Crippen molar-refractivity contribution < 1.29 is 14.1 Å². The second kappa shape index (κ2) is 8.74. The number of ether oxygens (including phenoxy) is 1. The molecule has 5 heteroatoms. The summed E-state index contributed by atoms with van der Waals surface area (Å²) in [5.41, 5.74) is 2.55. The van der Waals surface area contributed by atoms with Gasteiger partial charge in [-0.15, -0.1) is 0 Å². The lowest BCUT2D eigenvalue weighted by Crippen LogP contribution is -2.41. The first-order valence-electron chi connectivity index (χ1n) is 11.3. The highest BCUT2D eigenvalue weighted by molar-refractivity contribution is 6.05. The minimum atomic E-state index is -0.446. The van der Waals surface area contributed by atoms with Gasteiger partial charge in [0, 0.05) is 24.0 Å². The Morgan fingerprint density at radius 2 is 1.97 bits per heavy atom. The molecule has 1 aliphatic rings. The fourth-order valence-electron chi connectivity index (χ4n) is 4.40. The highest BCUT2D eigenvalue weighted by Gasteiger charge is 2.27. The van der Waals surface area contributed by atoms with Crippen LogP contribution in [0.1, 0.15) is 58.2 Å². The van der Waals surface area contributed by atoms with Gasteiger partial charge in [-0.25, -0.2) is 4.79 Å². The molecule has 0 N–H and O–H groups in total. The van der Waals surface area contributed by atoms with Crippen LogP contribution < -0.4 is 0 Å². The number of nitrogens with zero attached hydrogens (tertiary/aromatic N) is 2. The fraction of sp³-hybridized carbons (Fsp3) is 0.462. The van der Waals surface area contributed by atoms with Gasteiger partial charge in [0.15, 0.2) is 5.58 Å². The summed E-state index contributed by atoms with van der Waals surface area (Å²) < 4.78 is 11.3. The zero-order chi connectivity index (χ0) is 22.0. The SMILES string of the molecule is C/C=C\c1c2ccccc2cc2c(CCC3CCN(C(=O)OC(C)(C)C)CC3)noc12. The number of carbonyl (C=O) groups is 1. The van der Waals surface area contributed by atoms with E-state index in [1.54, 1.807) is 0 Å². The third-order valence-electron chi connectivity index (χ3n) is 5.99. The Balaban J connectivity index is 1.44. The number of aryl methyl sites for hydroxylation is 1. The van der Waals surface area contributed by atoms with Crippen molar-refractivity contribution in [1.29, 1.82) is 0 Å². The van der Waals surface area contributed by atoms with E-state index in [2.05, 4.69) is 41.6 Å². The maximum Gasteiger partial charge on any atom is 0.410 e. The quantitative estimate of drug-likeness (QED) is 0.477. The number of piperidine rings is 1. The Labute approximate surface area is 184 Å². The average Bonchev–Trinajstić information content (AvgIpc) is 3.14. The number of amides is 1. The number of fused-ring (bicyclic) bond motifs is 2. The maximum absolute atomic E-state index is 12.3. The van der Waals surface area contributed by atoms with E-state index in [0.29, 0.717) is 5.92 Å². The van der Waals surface area contributed by atoms with Crippen molar-refractivity contribution in [2.45, 2.75) is 59.0 Å².